The average Bonchev–Trinajstić information content (AvgIpc) is 3.54. The normalized spacial score (nSPS) is 33.4. The Morgan fingerprint density at radius 1 is 1.11 bits per heavy atom. The number of carbonyl (C=O) groups is 3. The van der Waals surface area contributed by atoms with Crippen LogP contribution in [0.25, 0.3) is 0 Å². The summed E-state index contributed by atoms with van der Waals surface area (Å²) in [6, 6.07) is 13.5. The predicted molar refractivity (Wildman–Crippen MR) is 133 cm³/mol. The number of halogens is 1. The number of amides is 1. The van der Waals surface area contributed by atoms with Gasteiger partial charge in [0.05, 0.1) is 0 Å². The van der Waals surface area contributed by atoms with Gasteiger partial charge in [-0.05, 0) is 0 Å². The third-order valence-corrected chi connectivity index (χ3v) is 11.5. The van der Waals surface area contributed by atoms with E-state index in [4.69, 9.17) is 25.8 Å². The second kappa shape index (κ2) is 7.98. The molecule has 2 aromatic rings. The molecule has 36 heavy (non-hydrogen) atoms. The first-order chi connectivity index (χ1) is 17.3. The Morgan fingerprint density at radius 2 is 1.81 bits per heavy atom. The zero-order valence-corrected chi connectivity index (χ0v) is 22.7. The molecule has 0 aromatic heterocycles. The molecule has 2 aliphatic carbocycles. The van der Waals surface area contributed by atoms with Crippen molar-refractivity contribution >= 4 is 48.7 Å². The number of Topliss-reactive ketones (excluding diaryl/α,β-unsaturated/α-hetero) is 1. The summed E-state index contributed by atoms with van der Waals surface area (Å²) < 4.78 is 16.5. The number of carbonyl (C=O) groups excluding carboxylic acids is 3. The van der Waals surface area contributed by atoms with Gasteiger partial charge in [0, 0.05) is 0 Å². The summed E-state index contributed by atoms with van der Waals surface area (Å²) in [7, 11) is 3.14. The van der Waals surface area contributed by atoms with Gasteiger partial charge in [0.25, 0.3) is 0 Å². The van der Waals surface area contributed by atoms with Crippen molar-refractivity contribution in [2.45, 2.75) is 29.1 Å². The van der Waals surface area contributed by atoms with Crippen LogP contribution in [0.15, 0.2) is 42.5 Å². The maximum absolute atomic E-state index is 14.0. The summed E-state index contributed by atoms with van der Waals surface area (Å²) in [5, 5.41) is 0. The first-order valence-electron chi connectivity index (χ1n) is 12.0. The Hall–Kier alpha value is -2.54. The van der Waals surface area contributed by atoms with Crippen LogP contribution in [-0.2, 0) is 31.1 Å². The summed E-state index contributed by atoms with van der Waals surface area (Å²) in [4.78, 5) is 43.4. The molecule has 1 amide bonds. The van der Waals surface area contributed by atoms with Crippen molar-refractivity contribution in [3.63, 3.8) is 0 Å². The topological polar surface area (TPSA) is 82.1 Å². The average molecular weight is 575 g/mol. The van der Waals surface area contributed by atoms with Crippen molar-refractivity contribution in [3.05, 3.63) is 53.6 Å². The molecule has 1 spiro atoms. The van der Waals surface area contributed by atoms with Gasteiger partial charge < -0.3 is 0 Å². The van der Waals surface area contributed by atoms with E-state index < -0.39 is 47.5 Å². The Labute approximate surface area is 220 Å². The van der Waals surface area contributed by atoms with Gasteiger partial charge in [0.15, 0.2) is 0 Å². The Bertz CT molecular complexity index is 1300. The van der Waals surface area contributed by atoms with E-state index in [2.05, 4.69) is 0 Å². The molecule has 0 N–H and O–H groups in total. The van der Waals surface area contributed by atoms with E-state index in [-0.39, 0.29) is 24.7 Å². The fourth-order valence-corrected chi connectivity index (χ4v) is 10.3. The SMILES string of the molecule is CCOC(=O)[C@]12C3C(=O)N4CCc5cc(OC)c(OC)cc5[C@@]41C[C@](Cl)([Se]c1ccccc1)C(=O)[C@@H]32. The van der Waals surface area contributed by atoms with Gasteiger partial charge in [-0.3, -0.25) is 0 Å². The van der Waals surface area contributed by atoms with Crippen LogP contribution in [0.4, 0.5) is 0 Å². The molecular formula is C27H26ClNO6Se. The van der Waals surface area contributed by atoms with Gasteiger partial charge in [-0.15, -0.1) is 0 Å². The summed E-state index contributed by atoms with van der Waals surface area (Å²) >= 11 is 6.89. The van der Waals surface area contributed by atoms with E-state index in [1.807, 2.05) is 47.4 Å². The van der Waals surface area contributed by atoms with Gasteiger partial charge in [-0.25, -0.2) is 0 Å². The number of rotatable bonds is 6. The minimum atomic E-state index is -1.28. The molecular weight excluding hydrogens is 549 g/mol. The number of piperidine rings is 1. The molecule has 7 nitrogen and oxygen atoms in total. The number of hydrogen-bond acceptors (Lipinski definition) is 6. The van der Waals surface area contributed by atoms with Crippen molar-refractivity contribution < 1.29 is 28.6 Å². The molecule has 3 fully saturated rings. The van der Waals surface area contributed by atoms with E-state index in [9.17, 15) is 14.4 Å². The van der Waals surface area contributed by atoms with E-state index >= 15 is 0 Å². The number of nitrogens with zero attached hydrogens (tertiary/aromatic N) is 1. The van der Waals surface area contributed by atoms with Crippen LogP contribution in [0.3, 0.4) is 0 Å². The molecule has 5 atom stereocenters. The Kier molecular flexibility index (Phi) is 5.28. The van der Waals surface area contributed by atoms with Crippen LogP contribution in [0, 0.1) is 17.3 Å². The van der Waals surface area contributed by atoms with Crippen LogP contribution in [0.1, 0.15) is 24.5 Å². The number of ketones is 1. The minimum absolute atomic E-state index is 0.148. The van der Waals surface area contributed by atoms with Crippen LogP contribution in [-0.4, -0.2) is 68.7 Å². The molecule has 9 heteroatoms. The molecule has 2 aliphatic heterocycles. The van der Waals surface area contributed by atoms with E-state index in [0.717, 1.165) is 15.6 Å². The monoisotopic (exact) mass is 575 g/mol. The summed E-state index contributed by atoms with van der Waals surface area (Å²) in [6.45, 7) is 2.34. The van der Waals surface area contributed by atoms with Crippen LogP contribution >= 0.6 is 11.6 Å². The first-order valence-corrected chi connectivity index (χ1v) is 14.1. The zero-order valence-electron chi connectivity index (χ0n) is 20.2. The molecule has 1 unspecified atom stereocenters. The van der Waals surface area contributed by atoms with Crippen molar-refractivity contribution in [3.8, 4) is 11.5 Å². The predicted octanol–water partition coefficient (Wildman–Crippen LogP) is 2.03. The quantitative estimate of drug-likeness (QED) is 0.298. The summed E-state index contributed by atoms with van der Waals surface area (Å²) in [5.41, 5.74) is -0.603. The number of esters is 1. The van der Waals surface area contributed by atoms with Crippen LogP contribution in [0.5, 0.6) is 11.5 Å². The van der Waals surface area contributed by atoms with Crippen LogP contribution in [0.2, 0.25) is 0 Å². The standard InChI is InChI=1S/C27H26ClNO6Se/c1-4-35-24(32)27-20-21(27)23(31)29-11-10-15-12-18(33-2)19(34-3)13-17(15)25(27,29)14-26(28,22(20)30)36-16-8-6-5-7-9-16/h5-9,12-13,20-21H,4,10-11,14H2,1-3H3/t20-,21?,25-,26+,27+/m1/s1. The van der Waals surface area contributed by atoms with E-state index in [0.29, 0.717) is 24.5 Å². The molecule has 2 saturated carbocycles. The maximum atomic E-state index is 14.0. The first kappa shape index (κ1) is 23.8. The second-order valence-corrected chi connectivity index (χ2v) is 13.7. The number of methoxy groups -OCH3 is 2. The number of ether oxygens (including phenoxy) is 3. The third kappa shape index (κ3) is 2.73. The van der Waals surface area contributed by atoms with Crippen molar-refractivity contribution in [2.75, 3.05) is 27.4 Å². The van der Waals surface area contributed by atoms with E-state index in [1.54, 1.807) is 21.1 Å². The van der Waals surface area contributed by atoms with Gasteiger partial charge in [0.1, 0.15) is 0 Å². The van der Waals surface area contributed by atoms with Crippen LogP contribution < -0.4 is 13.9 Å². The molecule has 4 aliphatic rings. The number of hydrogen-bond donors (Lipinski definition) is 0. The Balaban J connectivity index is 1.60. The number of fused-ring (bicyclic) bond motifs is 2. The van der Waals surface area contributed by atoms with E-state index in [1.165, 1.54) is 0 Å². The molecule has 2 heterocycles. The zero-order chi connectivity index (χ0) is 25.5. The molecule has 1 saturated heterocycles. The van der Waals surface area contributed by atoms with Gasteiger partial charge >= 0.3 is 221 Å². The van der Waals surface area contributed by atoms with Gasteiger partial charge in [-0.2, -0.15) is 0 Å². The molecule has 0 radical (unpaired) electrons. The second-order valence-electron chi connectivity index (χ2n) is 9.69. The van der Waals surface area contributed by atoms with Crippen molar-refractivity contribution in [2.24, 2.45) is 17.3 Å². The fourth-order valence-electron chi connectivity index (χ4n) is 7.01. The van der Waals surface area contributed by atoms with Gasteiger partial charge in [-0.1, -0.05) is 0 Å². The van der Waals surface area contributed by atoms with Gasteiger partial charge in [0.2, 0.25) is 0 Å². The molecule has 6 rings (SSSR count). The number of benzene rings is 2. The Morgan fingerprint density at radius 3 is 2.47 bits per heavy atom. The molecule has 2 aromatic carbocycles. The van der Waals surface area contributed by atoms with Crippen molar-refractivity contribution in [1.29, 1.82) is 0 Å². The summed E-state index contributed by atoms with van der Waals surface area (Å²) in [5.74, 6) is -1.32. The fraction of sp³-hybridized carbons (Fsp3) is 0.444. The van der Waals surface area contributed by atoms with Crippen molar-refractivity contribution in [1.82, 2.24) is 4.90 Å². The third-order valence-electron chi connectivity index (χ3n) is 8.31. The molecule has 0 bridgehead atoms. The number of alkyl halides is 1. The molecule has 188 valence electrons. The summed E-state index contributed by atoms with van der Waals surface area (Å²) in [6.07, 6.45) is 0.752.